The van der Waals surface area contributed by atoms with Crippen molar-refractivity contribution in [2.45, 2.75) is 32.0 Å². The van der Waals surface area contributed by atoms with E-state index in [1.54, 1.807) is 0 Å². The van der Waals surface area contributed by atoms with E-state index in [1.165, 1.54) is 0 Å². The molecule has 2 aromatic carbocycles. The van der Waals surface area contributed by atoms with Crippen molar-refractivity contribution >= 4 is 28.2 Å². The van der Waals surface area contributed by atoms with E-state index in [0.717, 1.165) is 47.2 Å². The number of fused-ring (bicyclic) bond motifs is 1. The molecule has 1 N–H and O–H groups in total. The van der Waals surface area contributed by atoms with Gasteiger partial charge in [-0.15, -0.1) is 10.2 Å². The Hall–Kier alpha value is -2.17. The number of nitrogens with zero attached hydrogens (tertiary/aromatic N) is 2. The van der Waals surface area contributed by atoms with Crippen LogP contribution in [0.25, 0.3) is 22.0 Å². The maximum atomic E-state index is 6.00. The smallest absolute Gasteiger partial charge is 0.156 e. The molecule has 2 atom stereocenters. The van der Waals surface area contributed by atoms with Crippen LogP contribution in [0.2, 0.25) is 5.02 Å². The van der Waals surface area contributed by atoms with Gasteiger partial charge in [-0.2, -0.15) is 0 Å². The molecule has 128 valence electrons. The van der Waals surface area contributed by atoms with Crippen LogP contribution in [0.15, 0.2) is 48.5 Å². The Morgan fingerprint density at radius 3 is 2.52 bits per heavy atom. The number of halogens is 1. The fourth-order valence-electron chi connectivity index (χ4n) is 3.30. The molecule has 0 bridgehead atoms. The van der Waals surface area contributed by atoms with E-state index in [1.807, 2.05) is 36.4 Å². The quantitative estimate of drug-likeness (QED) is 0.722. The zero-order valence-corrected chi connectivity index (χ0v) is 14.8. The molecule has 2 heterocycles. The summed E-state index contributed by atoms with van der Waals surface area (Å²) in [5, 5.41) is 15.2. The monoisotopic (exact) mass is 353 g/mol. The number of benzene rings is 2. The summed E-state index contributed by atoms with van der Waals surface area (Å²) in [6.07, 6.45) is 2.80. The Kier molecular flexibility index (Phi) is 4.55. The third-order valence-electron chi connectivity index (χ3n) is 4.62. The van der Waals surface area contributed by atoms with Gasteiger partial charge in [0.25, 0.3) is 0 Å². The first-order chi connectivity index (χ1) is 12.2. The first-order valence-corrected chi connectivity index (χ1v) is 8.99. The van der Waals surface area contributed by atoms with Crippen molar-refractivity contribution in [1.82, 2.24) is 10.2 Å². The molecule has 4 rings (SSSR count). The first kappa shape index (κ1) is 16.3. The summed E-state index contributed by atoms with van der Waals surface area (Å²) in [7, 11) is 0. The summed E-state index contributed by atoms with van der Waals surface area (Å²) in [6, 6.07) is 15.9. The fraction of sp³-hybridized carbons (Fsp3) is 0.300. The number of ether oxygens (including phenoxy) is 1. The van der Waals surface area contributed by atoms with Crippen LogP contribution >= 0.6 is 11.6 Å². The van der Waals surface area contributed by atoms with Crippen molar-refractivity contribution < 1.29 is 4.74 Å². The summed E-state index contributed by atoms with van der Waals surface area (Å²) in [5.41, 5.74) is 1.87. The van der Waals surface area contributed by atoms with Gasteiger partial charge in [-0.05, 0) is 31.9 Å². The molecule has 4 nitrogen and oxygen atoms in total. The highest BCUT2D eigenvalue weighted by molar-refractivity contribution is 6.30. The molecule has 3 aromatic rings. The molecular weight excluding hydrogens is 334 g/mol. The van der Waals surface area contributed by atoms with Crippen molar-refractivity contribution in [3.8, 4) is 11.3 Å². The number of anilines is 1. The molecule has 1 saturated heterocycles. The van der Waals surface area contributed by atoms with E-state index >= 15 is 0 Å². The molecule has 1 aromatic heterocycles. The average Bonchev–Trinajstić information content (AvgIpc) is 3.06. The first-order valence-electron chi connectivity index (χ1n) is 8.61. The Balaban J connectivity index is 1.66. The van der Waals surface area contributed by atoms with E-state index in [2.05, 4.69) is 34.6 Å². The van der Waals surface area contributed by atoms with Crippen LogP contribution in [0.4, 0.5) is 5.82 Å². The second-order valence-corrected chi connectivity index (χ2v) is 6.91. The summed E-state index contributed by atoms with van der Waals surface area (Å²) < 4.78 is 5.88. The van der Waals surface area contributed by atoms with Crippen LogP contribution in [-0.2, 0) is 4.74 Å². The Labute approximate surface area is 152 Å². The Bertz CT molecular complexity index is 882. The number of hydrogen-bond acceptors (Lipinski definition) is 4. The van der Waals surface area contributed by atoms with Crippen molar-refractivity contribution in [2.24, 2.45) is 0 Å². The van der Waals surface area contributed by atoms with E-state index in [0.29, 0.717) is 11.1 Å². The molecule has 5 heteroatoms. The number of rotatable bonds is 4. The summed E-state index contributed by atoms with van der Waals surface area (Å²) in [5.74, 6) is 0.802. The molecule has 2 unspecified atom stereocenters. The maximum Gasteiger partial charge on any atom is 0.156 e. The van der Waals surface area contributed by atoms with Gasteiger partial charge in [0.1, 0.15) is 5.69 Å². The molecule has 0 spiro atoms. The second-order valence-electron chi connectivity index (χ2n) is 6.48. The summed E-state index contributed by atoms with van der Waals surface area (Å²) in [6.45, 7) is 2.87. The third-order valence-corrected chi connectivity index (χ3v) is 4.87. The van der Waals surface area contributed by atoms with Gasteiger partial charge in [-0.1, -0.05) is 48.0 Å². The van der Waals surface area contributed by atoms with E-state index < -0.39 is 0 Å². The largest absolute Gasteiger partial charge is 0.373 e. The summed E-state index contributed by atoms with van der Waals surface area (Å²) in [4.78, 5) is 0. The predicted octanol–water partition coefficient (Wildman–Crippen LogP) is 4.93. The van der Waals surface area contributed by atoms with Gasteiger partial charge in [0, 0.05) is 27.9 Å². The molecule has 0 amide bonds. The predicted molar refractivity (Wildman–Crippen MR) is 102 cm³/mol. The normalized spacial score (nSPS) is 20.1. The van der Waals surface area contributed by atoms with Gasteiger partial charge in [0.05, 0.1) is 12.2 Å². The number of hydrogen-bond donors (Lipinski definition) is 1. The van der Waals surface area contributed by atoms with Gasteiger partial charge >= 0.3 is 0 Å². The molecule has 0 saturated carbocycles. The molecule has 1 aliphatic heterocycles. The van der Waals surface area contributed by atoms with Crippen LogP contribution < -0.4 is 5.32 Å². The molecule has 25 heavy (non-hydrogen) atoms. The van der Waals surface area contributed by atoms with Crippen LogP contribution in [0.3, 0.4) is 0 Å². The van der Waals surface area contributed by atoms with Crippen molar-refractivity contribution in [2.75, 3.05) is 11.9 Å². The molecule has 1 fully saturated rings. The lowest BCUT2D eigenvalue weighted by Crippen LogP contribution is -2.20. The van der Waals surface area contributed by atoms with E-state index in [4.69, 9.17) is 16.3 Å². The van der Waals surface area contributed by atoms with Crippen LogP contribution in [0.5, 0.6) is 0 Å². The SMILES string of the molecule is CC1CCC(CNc2nnc(-c3ccc(Cl)cc3)c3ccccc23)O1. The second kappa shape index (κ2) is 6.98. The number of nitrogens with one attached hydrogen (secondary N) is 1. The molecule has 1 aliphatic rings. The highest BCUT2D eigenvalue weighted by atomic mass is 35.5. The zero-order valence-electron chi connectivity index (χ0n) is 14.1. The minimum atomic E-state index is 0.242. The molecule has 0 aliphatic carbocycles. The Morgan fingerprint density at radius 2 is 1.80 bits per heavy atom. The van der Waals surface area contributed by atoms with Gasteiger partial charge in [-0.25, -0.2) is 0 Å². The van der Waals surface area contributed by atoms with E-state index in [9.17, 15) is 0 Å². The topological polar surface area (TPSA) is 47.0 Å². The Morgan fingerprint density at radius 1 is 1.04 bits per heavy atom. The van der Waals surface area contributed by atoms with Crippen molar-refractivity contribution in [1.29, 1.82) is 0 Å². The van der Waals surface area contributed by atoms with Gasteiger partial charge in [0.15, 0.2) is 5.82 Å². The highest BCUT2D eigenvalue weighted by Crippen LogP contribution is 2.30. The van der Waals surface area contributed by atoms with E-state index in [-0.39, 0.29) is 6.10 Å². The average molecular weight is 354 g/mol. The highest BCUT2D eigenvalue weighted by Gasteiger charge is 2.22. The lowest BCUT2D eigenvalue weighted by Gasteiger charge is -2.14. The van der Waals surface area contributed by atoms with Crippen LogP contribution in [-0.4, -0.2) is 29.0 Å². The zero-order chi connectivity index (χ0) is 17.2. The lowest BCUT2D eigenvalue weighted by molar-refractivity contribution is 0.0636. The lowest BCUT2D eigenvalue weighted by atomic mass is 10.0. The molecular formula is C20H20ClN3O. The molecule has 0 radical (unpaired) electrons. The standard InChI is InChI=1S/C20H20ClN3O/c1-13-6-11-16(25-13)12-22-20-18-5-3-2-4-17(18)19(23-24-20)14-7-9-15(21)10-8-14/h2-5,7-10,13,16H,6,11-12H2,1H3,(H,22,24). The van der Waals surface area contributed by atoms with Gasteiger partial charge < -0.3 is 10.1 Å². The minimum absolute atomic E-state index is 0.242. The number of aromatic nitrogens is 2. The van der Waals surface area contributed by atoms with Crippen molar-refractivity contribution in [3.63, 3.8) is 0 Å². The van der Waals surface area contributed by atoms with Crippen LogP contribution in [0, 0.1) is 0 Å². The minimum Gasteiger partial charge on any atom is -0.373 e. The van der Waals surface area contributed by atoms with Gasteiger partial charge in [0.2, 0.25) is 0 Å². The third kappa shape index (κ3) is 3.46. The maximum absolute atomic E-state index is 6.00. The van der Waals surface area contributed by atoms with Gasteiger partial charge in [-0.3, -0.25) is 0 Å². The fourth-order valence-corrected chi connectivity index (χ4v) is 3.43. The van der Waals surface area contributed by atoms with Crippen molar-refractivity contribution in [3.05, 3.63) is 53.6 Å². The van der Waals surface area contributed by atoms with Crippen LogP contribution in [0.1, 0.15) is 19.8 Å². The summed E-state index contributed by atoms with van der Waals surface area (Å²) >= 11 is 6.00.